The van der Waals surface area contributed by atoms with E-state index in [0.29, 0.717) is 0 Å². The van der Waals surface area contributed by atoms with Crippen LogP contribution in [0.25, 0.3) is 10.1 Å². The lowest BCUT2D eigenvalue weighted by Crippen LogP contribution is -2.65. The van der Waals surface area contributed by atoms with Gasteiger partial charge in [0.2, 0.25) is 6.71 Å². The molecule has 0 fully saturated rings. The van der Waals surface area contributed by atoms with Gasteiger partial charge in [-0.3, -0.25) is 0 Å². The Morgan fingerprint density at radius 2 is 0.940 bits per heavy atom. The summed E-state index contributed by atoms with van der Waals surface area (Å²) in [7, 11) is 0. The molecule has 4 aliphatic heterocycles. The fraction of sp³-hybridized carbons (Fsp3) is 0.0270. The molecule has 17 rings (SSSR count). The molecule has 390 valence electrons. The van der Waals surface area contributed by atoms with Crippen LogP contribution in [-0.2, 0) is 0 Å². The number of nitrogens with zero attached hydrogens (tertiary/aromatic N) is 5. The summed E-state index contributed by atoms with van der Waals surface area (Å²) in [6.07, 6.45) is 5.07. The molecule has 0 saturated carbocycles. The van der Waals surface area contributed by atoms with E-state index in [1.54, 1.807) is 0 Å². The van der Waals surface area contributed by atoms with E-state index in [0.717, 1.165) is 85.2 Å². The van der Waals surface area contributed by atoms with Gasteiger partial charge in [0.05, 0.1) is 17.4 Å². The van der Waals surface area contributed by atoms with Crippen LogP contribution in [-0.4, -0.2) is 19.5 Å². The van der Waals surface area contributed by atoms with Crippen molar-refractivity contribution in [2.24, 2.45) is 0 Å². The number of para-hydroxylation sites is 8. The Labute approximate surface area is 488 Å². The van der Waals surface area contributed by atoms with Crippen molar-refractivity contribution in [1.82, 2.24) is 0 Å². The molecule has 9 heteroatoms. The Bertz CT molecular complexity index is 4450. The van der Waals surface area contributed by atoms with E-state index < -0.39 is 0 Å². The zero-order chi connectivity index (χ0) is 54.5. The number of ether oxygens (including phenoxy) is 1. The molecule has 2 unspecified atom stereocenters. The first kappa shape index (κ1) is 47.6. The molecule has 83 heavy (non-hydrogen) atoms. The fourth-order valence-electron chi connectivity index (χ4n) is 14.1. The predicted octanol–water partition coefficient (Wildman–Crippen LogP) is 16.0. The van der Waals surface area contributed by atoms with Crippen molar-refractivity contribution in [2.45, 2.75) is 11.9 Å². The smallest absolute Gasteiger partial charge is 0.256 e. The van der Waals surface area contributed by atoms with Gasteiger partial charge in [0.25, 0.3) is 6.71 Å². The monoisotopic (exact) mass is 1080 g/mol. The minimum Gasteiger partial charge on any atom is -0.458 e. The maximum absolute atomic E-state index is 7.72. The molecular weight excluding hydrogens is 1030 g/mol. The average molecular weight is 1080 g/mol. The van der Waals surface area contributed by atoms with Gasteiger partial charge in [0.1, 0.15) is 11.5 Å². The second-order valence-electron chi connectivity index (χ2n) is 21.9. The zero-order valence-corrected chi connectivity index (χ0v) is 46.0. The lowest BCUT2D eigenvalue weighted by molar-refractivity contribution is 0.487. The first-order valence-electron chi connectivity index (χ1n) is 28.6. The number of rotatable bonds is 9. The summed E-state index contributed by atoms with van der Waals surface area (Å²) in [4.78, 5) is 12.5. The summed E-state index contributed by atoms with van der Waals surface area (Å²) >= 11 is 1.96. The number of fused-ring (bicyclic) bond motifs is 10. The second kappa shape index (κ2) is 19.2. The molecular formula is C74H51B2N5OS. The van der Waals surface area contributed by atoms with Crippen molar-refractivity contribution in [1.29, 1.82) is 0 Å². The lowest BCUT2D eigenvalue weighted by atomic mass is 9.29. The molecule has 6 nitrogen and oxygen atoms in total. The van der Waals surface area contributed by atoms with E-state index in [-0.39, 0.29) is 25.3 Å². The SMILES string of the molecule is C1=C(N(c2ccccc2)c2ccccc2)C=C2C3B(c4cc5c(cc4N(c4ccccc4)C13)Oc1cc(N(c3ccccc3)c3ccccc3)cc3c1B5c1ccccc1N3c1ccccc1)c1sc3ccccc3c1N2c1ccccc1. The topological polar surface area (TPSA) is 25.4 Å². The summed E-state index contributed by atoms with van der Waals surface area (Å²) in [5, 5.41) is 1.26. The van der Waals surface area contributed by atoms with E-state index in [9.17, 15) is 0 Å². The molecule has 1 aromatic heterocycles. The van der Waals surface area contributed by atoms with Crippen LogP contribution >= 0.6 is 11.3 Å². The second-order valence-corrected chi connectivity index (χ2v) is 23.0. The Kier molecular flexibility index (Phi) is 11.0. The third kappa shape index (κ3) is 7.51. The van der Waals surface area contributed by atoms with Crippen LogP contribution in [0.2, 0.25) is 5.82 Å². The van der Waals surface area contributed by atoms with Gasteiger partial charge >= 0.3 is 0 Å². The fourth-order valence-corrected chi connectivity index (χ4v) is 15.5. The molecule has 5 heterocycles. The lowest BCUT2D eigenvalue weighted by Gasteiger charge is -2.53. The minimum absolute atomic E-state index is 0.0113. The van der Waals surface area contributed by atoms with Crippen LogP contribution in [0.5, 0.6) is 11.5 Å². The number of hydrogen-bond acceptors (Lipinski definition) is 7. The van der Waals surface area contributed by atoms with Crippen LogP contribution < -0.4 is 55.9 Å². The molecule has 0 bridgehead atoms. The summed E-state index contributed by atoms with van der Waals surface area (Å²) in [5.74, 6) is 1.70. The van der Waals surface area contributed by atoms with Gasteiger partial charge in [0, 0.05) is 101 Å². The van der Waals surface area contributed by atoms with Crippen molar-refractivity contribution in [3.8, 4) is 11.5 Å². The van der Waals surface area contributed by atoms with Crippen molar-refractivity contribution in [3.05, 3.63) is 309 Å². The van der Waals surface area contributed by atoms with Crippen molar-refractivity contribution < 1.29 is 4.74 Å². The van der Waals surface area contributed by atoms with Gasteiger partial charge < -0.3 is 29.2 Å². The number of anilines is 12. The van der Waals surface area contributed by atoms with E-state index in [4.69, 9.17) is 4.74 Å². The molecule has 0 amide bonds. The first-order chi connectivity index (χ1) is 41.2. The van der Waals surface area contributed by atoms with Crippen molar-refractivity contribution in [3.63, 3.8) is 0 Å². The van der Waals surface area contributed by atoms with Crippen LogP contribution in [0.4, 0.5) is 68.2 Å². The number of thiophene rings is 1. The van der Waals surface area contributed by atoms with Crippen LogP contribution in [0.3, 0.4) is 0 Å². The van der Waals surface area contributed by atoms with Gasteiger partial charge in [-0.15, -0.1) is 11.3 Å². The van der Waals surface area contributed by atoms with E-state index >= 15 is 0 Å². The van der Waals surface area contributed by atoms with Gasteiger partial charge in [-0.25, -0.2) is 0 Å². The normalized spacial score (nSPS) is 15.8. The van der Waals surface area contributed by atoms with Gasteiger partial charge in [-0.2, -0.15) is 0 Å². The highest BCUT2D eigenvalue weighted by Gasteiger charge is 2.55. The maximum Gasteiger partial charge on any atom is 0.256 e. The van der Waals surface area contributed by atoms with Gasteiger partial charge in [0.15, 0.2) is 0 Å². The Hall–Kier alpha value is -10.2. The van der Waals surface area contributed by atoms with Crippen molar-refractivity contribution in [2.75, 3.05) is 24.5 Å². The maximum atomic E-state index is 7.72. The standard InChI is InChI=1S/C74H51B2N5OS/c1-8-26-50(27-9-1)77(51-28-10-2-11-29-51)57-44-65-71-66(45-57)81(56-38-20-7-21-39-56)73-59-40-22-25-43-70(59)83-74(73)76(71)61-48-62-68(49-64(61)80(65)55-36-18-6-19-37-55)82-69-47-58(78(52-30-12-3-13-31-52)53-32-14-4-15-33-53)46-67-72(69)75(62)60-41-23-24-42-63(60)79(67)54-34-16-5-17-35-54/h1-49,65,71H. The first-order valence-corrected chi connectivity index (χ1v) is 29.5. The molecule has 0 N–H and O–H groups in total. The van der Waals surface area contributed by atoms with Gasteiger partial charge in [-0.05, 0) is 137 Å². The zero-order valence-electron chi connectivity index (χ0n) is 45.2. The van der Waals surface area contributed by atoms with E-state index in [1.165, 1.54) is 42.6 Å². The Morgan fingerprint density at radius 3 is 1.57 bits per heavy atom. The third-order valence-electron chi connectivity index (χ3n) is 17.4. The number of hydrogen-bond donors (Lipinski definition) is 0. The van der Waals surface area contributed by atoms with Crippen LogP contribution in [0, 0.1) is 0 Å². The Morgan fingerprint density at radius 1 is 0.410 bits per heavy atom. The quantitative estimate of drug-likeness (QED) is 0.134. The van der Waals surface area contributed by atoms with Crippen LogP contribution in [0.15, 0.2) is 309 Å². The summed E-state index contributed by atoms with van der Waals surface area (Å²) in [6.45, 7) is -0.166. The predicted molar refractivity (Wildman–Crippen MR) is 350 cm³/mol. The van der Waals surface area contributed by atoms with E-state index in [2.05, 4.69) is 322 Å². The summed E-state index contributed by atoms with van der Waals surface area (Å²) in [5.41, 5.74) is 20.6. The number of allylic oxidation sites excluding steroid dienone is 1. The molecule has 11 aromatic carbocycles. The summed E-state index contributed by atoms with van der Waals surface area (Å²) in [6, 6.07) is 104. The molecule has 5 aliphatic rings. The molecule has 1 aliphatic carbocycles. The van der Waals surface area contributed by atoms with Crippen LogP contribution in [0.1, 0.15) is 0 Å². The Balaban J connectivity index is 0.955. The molecule has 0 spiro atoms. The van der Waals surface area contributed by atoms with E-state index in [1.807, 2.05) is 11.3 Å². The van der Waals surface area contributed by atoms with Gasteiger partial charge in [-0.1, -0.05) is 170 Å². The average Bonchev–Trinajstić information content (AvgIpc) is 2.36. The molecule has 0 saturated heterocycles. The minimum atomic E-state index is -0.145. The number of benzene rings is 11. The highest BCUT2D eigenvalue weighted by Crippen LogP contribution is 2.55. The summed E-state index contributed by atoms with van der Waals surface area (Å²) < 4.78 is 10.4. The highest BCUT2D eigenvalue weighted by molar-refractivity contribution is 7.32. The molecule has 0 radical (unpaired) electrons. The highest BCUT2D eigenvalue weighted by atomic mass is 32.1. The van der Waals surface area contributed by atoms with Crippen molar-refractivity contribution >= 4 is 130 Å². The molecule has 12 aromatic rings. The third-order valence-corrected chi connectivity index (χ3v) is 18.7. The molecule has 2 atom stereocenters. The largest absolute Gasteiger partial charge is 0.458 e.